The predicted octanol–water partition coefficient (Wildman–Crippen LogP) is 3.12. The lowest BCUT2D eigenvalue weighted by atomic mass is 10.3. The maximum Gasteiger partial charge on any atom is 0.505 e. The number of hydrogen-bond donors (Lipinski definition) is 1. The van der Waals surface area contributed by atoms with E-state index in [-0.39, 0.29) is 6.61 Å². The molecule has 4 heteroatoms. The molecule has 0 aromatic carbocycles. The van der Waals surface area contributed by atoms with Crippen molar-refractivity contribution < 1.29 is 14.6 Å². The van der Waals surface area contributed by atoms with Gasteiger partial charge in [0.15, 0.2) is 0 Å². The highest BCUT2D eigenvalue weighted by Gasteiger charge is 1.86. The van der Waals surface area contributed by atoms with Crippen LogP contribution in [0.15, 0.2) is 0 Å². The van der Waals surface area contributed by atoms with Gasteiger partial charge in [-0.2, -0.15) is 0 Å². The first-order valence-corrected chi connectivity index (χ1v) is 4.64. The summed E-state index contributed by atoms with van der Waals surface area (Å²) in [5.74, 6) is 0.827. The van der Waals surface area contributed by atoms with Crippen LogP contribution in [-0.2, 0) is 4.74 Å². The second-order valence-corrected chi connectivity index (χ2v) is 2.47. The Labute approximate surface area is 78.7 Å². The van der Waals surface area contributed by atoms with Crippen LogP contribution in [0.5, 0.6) is 0 Å². The zero-order chi connectivity index (χ0) is 9.82. The van der Waals surface area contributed by atoms with Gasteiger partial charge in [-0.25, -0.2) is 4.79 Å². The van der Waals surface area contributed by atoms with Crippen LogP contribution in [-0.4, -0.2) is 23.7 Å². The molecule has 0 bridgehead atoms. The molecule has 0 spiro atoms. The smallest absolute Gasteiger partial charge is 0.450 e. The van der Waals surface area contributed by atoms with Crippen LogP contribution < -0.4 is 0 Å². The molecular weight excluding hydrogens is 180 g/mol. The quantitative estimate of drug-likeness (QED) is 0.427. The van der Waals surface area contributed by atoms with Crippen molar-refractivity contribution in [2.75, 3.05) is 12.5 Å². The Morgan fingerprint density at radius 2 is 2.00 bits per heavy atom. The number of hydrogen-bond acceptors (Lipinski definition) is 2. The van der Waals surface area contributed by atoms with Crippen LogP contribution in [0.1, 0.15) is 33.1 Å². The summed E-state index contributed by atoms with van der Waals surface area (Å²) in [6.07, 6.45) is 2.52. The zero-order valence-electron chi connectivity index (χ0n) is 7.68. The van der Waals surface area contributed by atoms with Crippen LogP contribution in [0.2, 0.25) is 0 Å². The minimum Gasteiger partial charge on any atom is -0.450 e. The van der Waals surface area contributed by atoms with Gasteiger partial charge >= 0.3 is 6.16 Å². The van der Waals surface area contributed by atoms with Crippen molar-refractivity contribution in [2.45, 2.75) is 33.1 Å². The first-order valence-electron chi connectivity index (χ1n) is 4.10. The number of halogens is 1. The van der Waals surface area contributed by atoms with E-state index in [2.05, 4.69) is 11.7 Å². The fourth-order valence-corrected chi connectivity index (χ4v) is 0.657. The minimum absolute atomic E-state index is 0.231. The summed E-state index contributed by atoms with van der Waals surface area (Å²) in [6.45, 7) is 4.02. The van der Waals surface area contributed by atoms with Gasteiger partial charge in [0.25, 0.3) is 0 Å². The van der Waals surface area contributed by atoms with Crippen molar-refractivity contribution >= 4 is 17.8 Å². The Morgan fingerprint density at radius 3 is 2.08 bits per heavy atom. The van der Waals surface area contributed by atoms with E-state index < -0.39 is 6.16 Å². The lowest BCUT2D eigenvalue weighted by Gasteiger charge is -1.87. The average Bonchev–Trinajstić information content (AvgIpc) is 2.02. The van der Waals surface area contributed by atoms with Gasteiger partial charge in [0, 0.05) is 5.88 Å². The molecule has 3 nitrogen and oxygen atoms in total. The standard InChI is InChI=1S/C5H11Cl.C3H6O3/c1-2-3-4-5-6;1-2-6-3(4)5/h2-5H2,1H3;2H2,1H3,(H,4,5). The molecule has 0 saturated carbocycles. The maximum absolute atomic E-state index is 9.38. The fraction of sp³-hybridized carbons (Fsp3) is 0.875. The van der Waals surface area contributed by atoms with Crippen molar-refractivity contribution in [3.05, 3.63) is 0 Å². The highest BCUT2D eigenvalue weighted by molar-refractivity contribution is 6.17. The molecule has 0 unspecified atom stereocenters. The highest BCUT2D eigenvalue weighted by atomic mass is 35.5. The van der Waals surface area contributed by atoms with Crippen LogP contribution >= 0.6 is 11.6 Å². The van der Waals surface area contributed by atoms with E-state index in [4.69, 9.17) is 16.7 Å². The molecule has 1 N–H and O–H groups in total. The second-order valence-electron chi connectivity index (χ2n) is 2.10. The summed E-state index contributed by atoms with van der Waals surface area (Å²) >= 11 is 5.38. The monoisotopic (exact) mass is 196 g/mol. The van der Waals surface area contributed by atoms with Gasteiger partial charge in [0.2, 0.25) is 0 Å². The normalized spacial score (nSPS) is 8.25. The van der Waals surface area contributed by atoms with Crippen molar-refractivity contribution in [1.82, 2.24) is 0 Å². The molecule has 12 heavy (non-hydrogen) atoms. The van der Waals surface area contributed by atoms with Crippen LogP contribution in [0, 0.1) is 0 Å². The molecule has 0 aromatic heterocycles. The van der Waals surface area contributed by atoms with E-state index in [1.807, 2.05) is 0 Å². The van der Waals surface area contributed by atoms with Gasteiger partial charge in [-0.1, -0.05) is 19.8 Å². The molecule has 0 aliphatic rings. The lowest BCUT2D eigenvalue weighted by molar-refractivity contribution is 0.0966. The van der Waals surface area contributed by atoms with Crippen molar-refractivity contribution in [3.8, 4) is 0 Å². The molecule has 0 fully saturated rings. The third-order valence-corrected chi connectivity index (χ3v) is 1.27. The van der Waals surface area contributed by atoms with E-state index in [0.29, 0.717) is 0 Å². The molecule has 0 radical (unpaired) electrons. The molecule has 0 heterocycles. The molecule has 0 atom stereocenters. The summed E-state index contributed by atoms with van der Waals surface area (Å²) < 4.78 is 3.96. The van der Waals surface area contributed by atoms with Gasteiger partial charge in [-0.05, 0) is 13.3 Å². The lowest BCUT2D eigenvalue weighted by Crippen LogP contribution is -1.97. The van der Waals surface area contributed by atoms with Gasteiger partial charge < -0.3 is 9.84 Å². The summed E-state index contributed by atoms with van der Waals surface area (Å²) in [6, 6.07) is 0. The summed E-state index contributed by atoms with van der Waals surface area (Å²) in [4.78, 5) is 9.38. The SMILES string of the molecule is CCCCCCl.CCOC(=O)O. The van der Waals surface area contributed by atoms with Crippen LogP contribution in [0.3, 0.4) is 0 Å². The predicted molar refractivity (Wildman–Crippen MR) is 49.9 cm³/mol. The van der Waals surface area contributed by atoms with Crippen LogP contribution in [0.4, 0.5) is 4.79 Å². The summed E-state index contributed by atoms with van der Waals surface area (Å²) in [5, 5.41) is 7.69. The Balaban J connectivity index is 0. The van der Waals surface area contributed by atoms with Gasteiger partial charge in [0.1, 0.15) is 0 Å². The zero-order valence-corrected chi connectivity index (χ0v) is 8.43. The molecule has 0 rings (SSSR count). The van der Waals surface area contributed by atoms with E-state index in [9.17, 15) is 4.79 Å². The van der Waals surface area contributed by atoms with Crippen molar-refractivity contribution in [2.24, 2.45) is 0 Å². The molecule has 0 aliphatic carbocycles. The molecule has 0 aliphatic heterocycles. The molecule has 0 saturated heterocycles. The van der Waals surface area contributed by atoms with E-state index in [1.165, 1.54) is 19.3 Å². The first kappa shape index (κ1) is 14.1. The van der Waals surface area contributed by atoms with Gasteiger partial charge in [-0.3, -0.25) is 0 Å². The Hall–Kier alpha value is -0.440. The third-order valence-electron chi connectivity index (χ3n) is 1.00. The minimum atomic E-state index is -1.21. The molecule has 0 amide bonds. The summed E-state index contributed by atoms with van der Waals surface area (Å²) in [7, 11) is 0. The van der Waals surface area contributed by atoms with Gasteiger partial charge in [0.05, 0.1) is 6.61 Å². The Bertz CT molecular complexity index is 92.3. The summed E-state index contributed by atoms with van der Waals surface area (Å²) in [5.41, 5.74) is 0. The van der Waals surface area contributed by atoms with E-state index in [1.54, 1.807) is 6.92 Å². The second kappa shape index (κ2) is 13.2. The number of alkyl halides is 1. The maximum atomic E-state index is 9.38. The van der Waals surface area contributed by atoms with Gasteiger partial charge in [-0.15, -0.1) is 11.6 Å². The van der Waals surface area contributed by atoms with Crippen molar-refractivity contribution in [1.29, 1.82) is 0 Å². The number of carbonyl (C=O) groups is 1. The third kappa shape index (κ3) is 22.7. The highest BCUT2D eigenvalue weighted by Crippen LogP contribution is 1.93. The molecule has 74 valence electrons. The average molecular weight is 197 g/mol. The number of ether oxygens (including phenoxy) is 1. The Kier molecular flexibility index (Phi) is 15.5. The fourth-order valence-electron chi connectivity index (χ4n) is 0.468. The largest absolute Gasteiger partial charge is 0.505 e. The Morgan fingerprint density at radius 1 is 1.42 bits per heavy atom. The first-order chi connectivity index (χ1) is 5.68. The van der Waals surface area contributed by atoms with Crippen LogP contribution in [0.25, 0.3) is 0 Å². The number of unbranched alkanes of at least 4 members (excludes halogenated alkanes) is 2. The van der Waals surface area contributed by atoms with Crippen molar-refractivity contribution in [3.63, 3.8) is 0 Å². The van der Waals surface area contributed by atoms with E-state index >= 15 is 0 Å². The topological polar surface area (TPSA) is 46.5 Å². The molecule has 0 aromatic rings. The number of rotatable bonds is 4. The number of carboxylic acid groups (broad SMARTS) is 1. The van der Waals surface area contributed by atoms with E-state index in [0.717, 1.165) is 5.88 Å². The molecular formula is C8H17ClO3.